The fourth-order valence-electron chi connectivity index (χ4n) is 3.48. The lowest BCUT2D eigenvalue weighted by Crippen LogP contribution is -2.68. The van der Waals surface area contributed by atoms with Gasteiger partial charge >= 0.3 is 6.09 Å². The SMILES string of the molecule is O=C1NC(C=Cc2cccc([N+](=O)[O-])c2)C1N1C(=O)OC[C@@H]1c1ccccc1. The predicted molar refractivity (Wildman–Crippen MR) is 100 cm³/mol. The zero-order valence-electron chi connectivity index (χ0n) is 14.7. The van der Waals surface area contributed by atoms with Crippen molar-refractivity contribution in [2.75, 3.05) is 6.61 Å². The molecule has 142 valence electrons. The fraction of sp³-hybridized carbons (Fsp3) is 0.200. The Morgan fingerprint density at radius 1 is 1.14 bits per heavy atom. The number of nitrogens with zero attached hydrogens (tertiary/aromatic N) is 2. The van der Waals surface area contributed by atoms with E-state index < -0.39 is 23.1 Å². The van der Waals surface area contributed by atoms with Crippen molar-refractivity contribution in [3.8, 4) is 0 Å². The molecular formula is C20H17N3O5. The van der Waals surface area contributed by atoms with Crippen LogP contribution in [0.3, 0.4) is 0 Å². The van der Waals surface area contributed by atoms with E-state index in [1.165, 1.54) is 17.0 Å². The van der Waals surface area contributed by atoms with Crippen molar-refractivity contribution in [2.24, 2.45) is 0 Å². The molecule has 2 aromatic carbocycles. The monoisotopic (exact) mass is 379 g/mol. The summed E-state index contributed by atoms with van der Waals surface area (Å²) in [5.74, 6) is -0.256. The number of β-lactam (4-membered cyclic amide) rings is 1. The zero-order valence-corrected chi connectivity index (χ0v) is 14.7. The number of nitrogens with one attached hydrogen (secondary N) is 1. The molecule has 2 fully saturated rings. The Labute approximate surface area is 160 Å². The van der Waals surface area contributed by atoms with Gasteiger partial charge in [0.25, 0.3) is 5.69 Å². The molecule has 8 heteroatoms. The van der Waals surface area contributed by atoms with Gasteiger partial charge in [0.05, 0.1) is 17.0 Å². The van der Waals surface area contributed by atoms with Gasteiger partial charge in [0.2, 0.25) is 5.91 Å². The molecule has 2 heterocycles. The van der Waals surface area contributed by atoms with Gasteiger partial charge in [0, 0.05) is 12.1 Å². The smallest absolute Gasteiger partial charge is 0.411 e. The van der Waals surface area contributed by atoms with Gasteiger partial charge in [-0.3, -0.25) is 19.8 Å². The average molecular weight is 379 g/mol. The highest BCUT2D eigenvalue weighted by atomic mass is 16.6. The van der Waals surface area contributed by atoms with Gasteiger partial charge in [-0.15, -0.1) is 0 Å². The summed E-state index contributed by atoms with van der Waals surface area (Å²) in [6, 6.07) is 14.2. The molecule has 2 amide bonds. The van der Waals surface area contributed by atoms with Crippen molar-refractivity contribution in [3.63, 3.8) is 0 Å². The summed E-state index contributed by atoms with van der Waals surface area (Å²) in [5.41, 5.74) is 1.52. The van der Waals surface area contributed by atoms with E-state index in [0.29, 0.717) is 5.56 Å². The lowest BCUT2D eigenvalue weighted by atomic mass is 9.93. The molecule has 2 aromatic rings. The first-order valence-electron chi connectivity index (χ1n) is 8.77. The maximum Gasteiger partial charge on any atom is 0.411 e. The Morgan fingerprint density at radius 2 is 1.93 bits per heavy atom. The number of rotatable bonds is 5. The topological polar surface area (TPSA) is 102 Å². The van der Waals surface area contributed by atoms with E-state index in [1.54, 1.807) is 24.3 Å². The molecule has 1 N–H and O–H groups in total. The Balaban J connectivity index is 1.55. The molecule has 0 saturated carbocycles. The molecule has 2 unspecified atom stereocenters. The number of nitro groups is 1. The van der Waals surface area contributed by atoms with Crippen molar-refractivity contribution in [1.82, 2.24) is 10.2 Å². The summed E-state index contributed by atoms with van der Waals surface area (Å²) in [4.78, 5) is 36.4. The third-order valence-electron chi connectivity index (χ3n) is 4.89. The molecule has 0 aromatic heterocycles. The van der Waals surface area contributed by atoms with Crippen molar-refractivity contribution >= 4 is 23.8 Å². The van der Waals surface area contributed by atoms with Crippen molar-refractivity contribution in [1.29, 1.82) is 0 Å². The van der Waals surface area contributed by atoms with Crippen LogP contribution < -0.4 is 5.32 Å². The van der Waals surface area contributed by atoms with Gasteiger partial charge in [-0.2, -0.15) is 0 Å². The van der Waals surface area contributed by atoms with E-state index in [1.807, 2.05) is 30.3 Å². The second-order valence-corrected chi connectivity index (χ2v) is 6.60. The number of cyclic esters (lactones) is 1. The number of hydrogen-bond acceptors (Lipinski definition) is 5. The average Bonchev–Trinajstić information content (AvgIpc) is 3.06. The summed E-state index contributed by atoms with van der Waals surface area (Å²) in [6.45, 7) is 0.188. The van der Waals surface area contributed by atoms with Gasteiger partial charge in [-0.25, -0.2) is 4.79 Å². The van der Waals surface area contributed by atoms with E-state index in [4.69, 9.17) is 4.74 Å². The molecule has 0 radical (unpaired) electrons. The first-order chi connectivity index (χ1) is 13.5. The number of non-ortho nitro benzene ring substituents is 1. The lowest BCUT2D eigenvalue weighted by Gasteiger charge is -2.41. The maximum absolute atomic E-state index is 12.3. The maximum atomic E-state index is 12.3. The summed E-state index contributed by atoms with van der Waals surface area (Å²) in [6.07, 6.45) is 2.91. The number of benzene rings is 2. The van der Waals surface area contributed by atoms with Crippen molar-refractivity contribution in [3.05, 3.63) is 81.9 Å². The van der Waals surface area contributed by atoms with E-state index >= 15 is 0 Å². The highest BCUT2D eigenvalue weighted by molar-refractivity contribution is 5.93. The third kappa shape index (κ3) is 3.20. The quantitative estimate of drug-likeness (QED) is 0.489. The van der Waals surface area contributed by atoms with Crippen LogP contribution in [0.2, 0.25) is 0 Å². The largest absolute Gasteiger partial charge is 0.447 e. The Kier molecular flexibility index (Phi) is 4.52. The molecule has 0 spiro atoms. The molecule has 2 aliphatic rings. The van der Waals surface area contributed by atoms with E-state index in [-0.39, 0.29) is 24.2 Å². The van der Waals surface area contributed by atoms with Gasteiger partial charge in [-0.1, -0.05) is 54.6 Å². The molecule has 28 heavy (non-hydrogen) atoms. The van der Waals surface area contributed by atoms with Crippen LogP contribution in [0.15, 0.2) is 60.7 Å². The molecule has 2 saturated heterocycles. The molecule has 0 aliphatic carbocycles. The number of nitro benzene ring substituents is 1. The third-order valence-corrected chi connectivity index (χ3v) is 4.89. The van der Waals surface area contributed by atoms with Gasteiger partial charge in [0.1, 0.15) is 12.6 Å². The summed E-state index contributed by atoms with van der Waals surface area (Å²) < 4.78 is 5.20. The second kappa shape index (κ2) is 7.15. The fourth-order valence-corrected chi connectivity index (χ4v) is 3.48. The standard InChI is InChI=1S/C20H17N3O5/c24-19-18(22-17(12-28-20(22)25)14-6-2-1-3-7-14)16(21-19)10-9-13-5-4-8-15(11-13)23(26)27/h1-11,16-18H,12H2,(H,21,24)/t16?,17-,18?/m1/s1. The Morgan fingerprint density at radius 3 is 2.64 bits per heavy atom. The molecule has 2 aliphatic heterocycles. The van der Waals surface area contributed by atoms with Crippen LogP contribution in [-0.2, 0) is 9.53 Å². The summed E-state index contributed by atoms with van der Waals surface area (Å²) in [5, 5.41) is 13.7. The van der Waals surface area contributed by atoms with Crippen LogP contribution in [0.4, 0.5) is 10.5 Å². The van der Waals surface area contributed by atoms with E-state index in [2.05, 4.69) is 5.32 Å². The molecule has 8 nitrogen and oxygen atoms in total. The first kappa shape index (κ1) is 17.7. The number of hydrogen-bond donors (Lipinski definition) is 1. The summed E-state index contributed by atoms with van der Waals surface area (Å²) in [7, 11) is 0. The highest BCUT2D eigenvalue weighted by Gasteiger charge is 2.50. The van der Waals surface area contributed by atoms with Crippen molar-refractivity contribution < 1.29 is 19.2 Å². The first-order valence-corrected chi connectivity index (χ1v) is 8.77. The van der Waals surface area contributed by atoms with Gasteiger partial charge in [-0.05, 0) is 11.1 Å². The van der Waals surface area contributed by atoms with Crippen LogP contribution >= 0.6 is 0 Å². The summed E-state index contributed by atoms with van der Waals surface area (Å²) >= 11 is 0. The highest BCUT2D eigenvalue weighted by Crippen LogP contribution is 2.33. The van der Waals surface area contributed by atoms with E-state index in [0.717, 1.165) is 5.56 Å². The van der Waals surface area contributed by atoms with Crippen LogP contribution in [0.1, 0.15) is 17.2 Å². The number of carbonyl (C=O) groups is 2. The van der Waals surface area contributed by atoms with Crippen LogP contribution in [0.5, 0.6) is 0 Å². The molecule has 0 bridgehead atoms. The number of ether oxygens (including phenoxy) is 1. The Hall–Kier alpha value is -3.68. The molecular weight excluding hydrogens is 362 g/mol. The lowest BCUT2D eigenvalue weighted by molar-refractivity contribution is -0.384. The number of carbonyl (C=O) groups excluding carboxylic acids is 2. The minimum absolute atomic E-state index is 0.0105. The zero-order chi connectivity index (χ0) is 19.7. The number of amides is 2. The van der Waals surface area contributed by atoms with E-state index in [9.17, 15) is 19.7 Å². The molecule has 4 rings (SSSR count). The second-order valence-electron chi connectivity index (χ2n) is 6.60. The van der Waals surface area contributed by atoms with Gasteiger partial charge < -0.3 is 10.1 Å². The van der Waals surface area contributed by atoms with Crippen LogP contribution in [0.25, 0.3) is 6.08 Å². The van der Waals surface area contributed by atoms with Crippen molar-refractivity contribution in [2.45, 2.75) is 18.1 Å². The molecule has 3 atom stereocenters. The van der Waals surface area contributed by atoms with Gasteiger partial charge in [0.15, 0.2) is 0 Å². The normalized spacial score (nSPS) is 24.0. The van der Waals surface area contributed by atoms with Crippen LogP contribution in [-0.4, -0.2) is 40.5 Å². The van der Waals surface area contributed by atoms with Crippen LogP contribution in [0, 0.1) is 10.1 Å². The predicted octanol–water partition coefficient (Wildman–Crippen LogP) is 2.67. The minimum Gasteiger partial charge on any atom is -0.447 e. The Bertz CT molecular complexity index is 959. The minimum atomic E-state index is -0.685.